The van der Waals surface area contributed by atoms with Crippen molar-refractivity contribution in [1.29, 1.82) is 0 Å². The highest BCUT2D eigenvalue weighted by molar-refractivity contribution is 5.74. The fourth-order valence-electron chi connectivity index (χ4n) is 1.54. The standard InChI is InChI=1S/C9H19N3O/c1-3-11-9(13)12-5-4-10-6-8(2)7-12/h8,10H,3-7H2,1-2H3,(H,11,13). The van der Waals surface area contributed by atoms with Crippen LogP contribution in [0.25, 0.3) is 0 Å². The third kappa shape index (κ3) is 3.22. The van der Waals surface area contributed by atoms with Crippen LogP contribution in [0.4, 0.5) is 4.79 Å². The monoisotopic (exact) mass is 185 g/mol. The van der Waals surface area contributed by atoms with E-state index in [0.29, 0.717) is 12.5 Å². The zero-order valence-corrected chi connectivity index (χ0v) is 8.47. The molecule has 76 valence electrons. The van der Waals surface area contributed by atoms with Gasteiger partial charge in [0.1, 0.15) is 0 Å². The maximum Gasteiger partial charge on any atom is 0.317 e. The molecule has 0 bridgehead atoms. The minimum absolute atomic E-state index is 0.0676. The van der Waals surface area contributed by atoms with Crippen molar-refractivity contribution >= 4 is 6.03 Å². The molecule has 1 unspecified atom stereocenters. The highest BCUT2D eigenvalue weighted by atomic mass is 16.2. The Morgan fingerprint density at radius 1 is 1.69 bits per heavy atom. The number of nitrogens with one attached hydrogen (secondary N) is 2. The number of hydrogen-bond donors (Lipinski definition) is 2. The van der Waals surface area contributed by atoms with Gasteiger partial charge in [-0.2, -0.15) is 0 Å². The van der Waals surface area contributed by atoms with E-state index in [9.17, 15) is 4.79 Å². The van der Waals surface area contributed by atoms with E-state index >= 15 is 0 Å². The zero-order chi connectivity index (χ0) is 9.68. The molecule has 13 heavy (non-hydrogen) atoms. The van der Waals surface area contributed by atoms with Crippen molar-refractivity contribution in [3.05, 3.63) is 0 Å². The first-order chi connectivity index (χ1) is 6.24. The molecule has 2 N–H and O–H groups in total. The van der Waals surface area contributed by atoms with Crippen molar-refractivity contribution < 1.29 is 4.79 Å². The topological polar surface area (TPSA) is 44.4 Å². The zero-order valence-electron chi connectivity index (χ0n) is 8.47. The highest BCUT2D eigenvalue weighted by Gasteiger charge is 2.17. The number of nitrogens with zero attached hydrogens (tertiary/aromatic N) is 1. The number of amides is 2. The van der Waals surface area contributed by atoms with Crippen LogP contribution in [0, 0.1) is 5.92 Å². The largest absolute Gasteiger partial charge is 0.338 e. The number of rotatable bonds is 1. The van der Waals surface area contributed by atoms with Crippen molar-refractivity contribution in [2.24, 2.45) is 5.92 Å². The van der Waals surface area contributed by atoms with Crippen molar-refractivity contribution in [3.63, 3.8) is 0 Å². The van der Waals surface area contributed by atoms with Gasteiger partial charge < -0.3 is 15.5 Å². The summed E-state index contributed by atoms with van der Waals surface area (Å²) >= 11 is 0. The minimum atomic E-state index is 0.0676. The fraction of sp³-hybridized carbons (Fsp3) is 0.889. The van der Waals surface area contributed by atoms with Crippen LogP contribution in [0.5, 0.6) is 0 Å². The van der Waals surface area contributed by atoms with E-state index in [1.54, 1.807) is 0 Å². The molecule has 1 heterocycles. The van der Waals surface area contributed by atoms with Crippen LogP contribution < -0.4 is 10.6 Å². The molecular formula is C9H19N3O. The molecule has 0 aromatic carbocycles. The fourth-order valence-corrected chi connectivity index (χ4v) is 1.54. The summed E-state index contributed by atoms with van der Waals surface area (Å²) in [6, 6.07) is 0.0676. The Balaban J connectivity index is 2.42. The summed E-state index contributed by atoms with van der Waals surface area (Å²) in [7, 11) is 0. The molecule has 0 aromatic rings. The van der Waals surface area contributed by atoms with E-state index in [-0.39, 0.29) is 6.03 Å². The van der Waals surface area contributed by atoms with Gasteiger partial charge in [-0.1, -0.05) is 6.92 Å². The average molecular weight is 185 g/mol. The average Bonchev–Trinajstić information content (AvgIpc) is 2.30. The van der Waals surface area contributed by atoms with Gasteiger partial charge in [0.15, 0.2) is 0 Å². The first-order valence-corrected chi connectivity index (χ1v) is 4.97. The van der Waals surface area contributed by atoms with Crippen molar-refractivity contribution in [1.82, 2.24) is 15.5 Å². The Morgan fingerprint density at radius 2 is 2.46 bits per heavy atom. The Bertz CT molecular complexity index is 172. The van der Waals surface area contributed by atoms with Gasteiger partial charge in [0.25, 0.3) is 0 Å². The maximum atomic E-state index is 11.5. The Morgan fingerprint density at radius 3 is 3.15 bits per heavy atom. The Labute approximate surface area is 79.7 Å². The molecule has 4 heteroatoms. The molecule has 1 aliphatic rings. The third-order valence-electron chi connectivity index (χ3n) is 2.20. The summed E-state index contributed by atoms with van der Waals surface area (Å²) in [5, 5.41) is 6.13. The Hall–Kier alpha value is -0.770. The van der Waals surface area contributed by atoms with Crippen LogP contribution in [-0.2, 0) is 0 Å². The molecule has 0 aliphatic carbocycles. The van der Waals surface area contributed by atoms with Gasteiger partial charge >= 0.3 is 6.03 Å². The van der Waals surface area contributed by atoms with Gasteiger partial charge in [0.2, 0.25) is 0 Å². The predicted octanol–water partition coefficient (Wildman–Crippen LogP) is 0.257. The lowest BCUT2D eigenvalue weighted by Gasteiger charge is -2.22. The minimum Gasteiger partial charge on any atom is -0.338 e. The SMILES string of the molecule is CCNC(=O)N1CCNCC(C)C1. The molecule has 0 radical (unpaired) electrons. The van der Waals surface area contributed by atoms with E-state index in [1.165, 1.54) is 0 Å². The molecule has 1 atom stereocenters. The molecule has 1 saturated heterocycles. The summed E-state index contributed by atoms with van der Waals surface area (Å²) in [6.07, 6.45) is 0. The first kappa shape index (κ1) is 10.3. The first-order valence-electron chi connectivity index (χ1n) is 4.97. The summed E-state index contributed by atoms with van der Waals surface area (Å²) in [6.45, 7) is 8.39. The third-order valence-corrected chi connectivity index (χ3v) is 2.20. The molecule has 1 fully saturated rings. The van der Waals surface area contributed by atoms with E-state index in [2.05, 4.69) is 17.6 Å². The van der Waals surface area contributed by atoms with Crippen LogP contribution in [0.1, 0.15) is 13.8 Å². The van der Waals surface area contributed by atoms with Crippen LogP contribution in [0.2, 0.25) is 0 Å². The maximum absolute atomic E-state index is 11.5. The van der Waals surface area contributed by atoms with Gasteiger partial charge in [0, 0.05) is 26.2 Å². The van der Waals surface area contributed by atoms with E-state index < -0.39 is 0 Å². The van der Waals surface area contributed by atoms with Crippen LogP contribution in [0.3, 0.4) is 0 Å². The predicted molar refractivity (Wildman–Crippen MR) is 52.7 cm³/mol. The molecule has 1 rings (SSSR count). The number of carbonyl (C=O) groups excluding carboxylic acids is 1. The lowest BCUT2D eigenvalue weighted by Crippen LogP contribution is -2.42. The van der Waals surface area contributed by atoms with Gasteiger partial charge in [-0.3, -0.25) is 0 Å². The lowest BCUT2D eigenvalue weighted by molar-refractivity contribution is 0.196. The summed E-state index contributed by atoms with van der Waals surface area (Å²) in [5.41, 5.74) is 0. The normalized spacial score (nSPS) is 23.8. The Kier molecular flexibility index (Phi) is 4.02. The molecule has 2 amide bonds. The van der Waals surface area contributed by atoms with Crippen molar-refractivity contribution in [2.45, 2.75) is 13.8 Å². The number of carbonyl (C=O) groups is 1. The lowest BCUT2D eigenvalue weighted by atomic mass is 10.2. The van der Waals surface area contributed by atoms with Crippen molar-refractivity contribution in [3.8, 4) is 0 Å². The summed E-state index contributed by atoms with van der Waals surface area (Å²) in [4.78, 5) is 13.4. The summed E-state index contributed by atoms with van der Waals surface area (Å²) in [5.74, 6) is 0.546. The van der Waals surface area contributed by atoms with Crippen LogP contribution in [-0.4, -0.2) is 43.7 Å². The number of hydrogen-bond acceptors (Lipinski definition) is 2. The molecule has 0 saturated carbocycles. The van der Waals surface area contributed by atoms with Gasteiger partial charge in [-0.05, 0) is 19.4 Å². The smallest absolute Gasteiger partial charge is 0.317 e. The highest BCUT2D eigenvalue weighted by Crippen LogP contribution is 2.02. The van der Waals surface area contributed by atoms with Gasteiger partial charge in [-0.25, -0.2) is 4.79 Å². The van der Waals surface area contributed by atoms with Crippen molar-refractivity contribution in [2.75, 3.05) is 32.7 Å². The van der Waals surface area contributed by atoms with Gasteiger partial charge in [-0.15, -0.1) is 0 Å². The van der Waals surface area contributed by atoms with E-state index in [0.717, 1.165) is 26.2 Å². The van der Waals surface area contributed by atoms with Gasteiger partial charge in [0.05, 0.1) is 0 Å². The molecule has 0 spiro atoms. The second-order valence-corrected chi connectivity index (χ2v) is 3.59. The summed E-state index contributed by atoms with van der Waals surface area (Å²) < 4.78 is 0. The van der Waals surface area contributed by atoms with Crippen LogP contribution in [0.15, 0.2) is 0 Å². The van der Waals surface area contributed by atoms with E-state index in [4.69, 9.17) is 0 Å². The van der Waals surface area contributed by atoms with E-state index in [1.807, 2.05) is 11.8 Å². The quantitative estimate of drug-likeness (QED) is 0.615. The molecule has 0 aromatic heterocycles. The second kappa shape index (κ2) is 5.07. The number of urea groups is 1. The molecule has 4 nitrogen and oxygen atoms in total. The molecule has 1 aliphatic heterocycles. The van der Waals surface area contributed by atoms with Crippen LogP contribution >= 0.6 is 0 Å². The molecular weight excluding hydrogens is 166 g/mol. The second-order valence-electron chi connectivity index (χ2n) is 3.59.